The van der Waals surface area contributed by atoms with E-state index >= 15 is 0 Å². The molecule has 0 bridgehead atoms. The molecule has 0 aromatic heterocycles. The lowest BCUT2D eigenvalue weighted by molar-refractivity contribution is 0.683. The molecule has 0 aliphatic rings. The number of hydrogen-bond donors (Lipinski definition) is 2. The standard InChI is InChI=1S/C15H17N3OS.HI/c16-15(18-13-7-3-1-4-8-13)17-11-12-20(19)14-9-5-2-6-10-14;/h1-10H,11-12H2,(H3,16,17,18);1H. The highest BCUT2D eigenvalue weighted by Crippen LogP contribution is 2.06. The van der Waals surface area contributed by atoms with Gasteiger partial charge in [0.05, 0.1) is 17.3 Å². The average molecular weight is 415 g/mol. The second kappa shape index (κ2) is 9.51. The number of nitrogens with one attached hydrogen (secondary N) is 1. The molecule has 0 fully saturated rings. The van der Waals surface area contributed by atoms with Gasteiger partial charge in [-0.15, -0.1) is 24.0 Å². The molecule has 0 aliphatic carbocycles. The molecule has 6 heteroatoms. The number of rotatable bonds is 5. The Labute approximate surface area is 144 Å². The molecule has 1 unspecified atom stereocenters. The van der Waals surface area contributed by atoms with E-state index in [1.807, 2.05) is 60.7 Å². The van der Waals surface area contributed by atoms with E-state index in [0.29, 0.717) is 18.3 Å². The third-order valence-corrected chi connectivity index (χ3v) is 3.96. The second-order valence-corrected chi connectivity index (χ2v) is 5.69. The van der Waals surface area contributed by atoms with E-state index < -0.39 is 10.8 Å². The van der Waals surface area contributed by atoms with Crippen LogP contribution in [0.1, 0.15) is 0 Å². The minimum absolute atomic E-state index is 0. The summed E-state index contributed by atoms with van der Waals surface area (Å²) >= 11 is 0. The summed E-state index contributed by atoms with van der Waals surface area (Å²) in [5, 5.41) is 2.98. The lowest BCUT2D eigenvalue weighted by Gasteiger charge is -2.05. The molecule has 0 aliphatic heterocycles. The van der Waals surface area contributed by atoms with E-state index in [9.17, 15) is 4.21 Å². The van der Waals surface area contributed by atoms with Crippen LogP contribution in [-0.2, 0) is 10.8 Å². The van der Waals surface area contributed by atoms with Gasteiger partial charge < -0.3 is 11.1 Å². The smallest absolute Gasteiger partial charge is 0.193 e. The molecule has 4 nitrogen and oxygen atoms in total. The molecular weight excluding hydrogens is 397 g/mol. The van der Waals surface area contributed by atoms with Crippen LogP contribution in [0.25, 0.3) is 0 Å². The molecule has 0 radical (unpaired) electrons. The van der Waals surface area contributed by atoms with Crippen LogP contribution in [0.4, 0.5) is 5.69 Å². The van der Waals surface area contributed by atoms with Gasteiger partial charge in [-0.3, -0.25) is 9.20 Å². The Morgan fingerprint density at radius 2 is 1.62 bits per heavy atom. The number of benzene rings is 2. The van der Waals surface area contributed by atoms with Crippen LogP contribution >= 0.6 is 24.0 Å². The zero-order valence-electron chi connectivity index (χ0n) is 11.4. The van der Waals surface area contributed by atoms with Crippen molar-refractivity contribution in [1.29, 1.82) is 0 Å². The number of halogens is 1. The van der Waals surface area contributed by atoms with Crippen LogP contribution < -0.4 is 11.1 Å². The van der Waals surface area contributed by atoms with Gasteiger partial charge in [-0.2, -0.15) is 0 Å². The van der Waals surface area contributed by atoms with Crippen molar-refractivity contribution in [2.45, 2.75) is 4.90 Å². The minimum Gasteiger partial charge on any atom is -0.370 e. The van der Waals surface area contributed by atoms with Crippen molar-refractivity contribution < 1.29 is 4.21 Å². The first-order valence-corrected chi connectivity index (χ1v) is 7.63. The highest BCUT2D eigenvalue weighted by molar-refractivity contribution is 14.0. The molecule has 112 valence electrons. The predicted octanol–water partition coefficient (Wildman–Crippen LogP) is 2.84. The number of para-hydroxylation sites is 1. The van der Waals surface area contributed by atoms with Gasteiger partial charge in [0.15, 0.2) is 5.96 Å². The van der Waals surface area contributed by atoms with Gasteiger partial charge in [-0.05, 0) is 24.3 Å². The zero-order valence-corrected chi connectivity index (χ0v) is 14.6. The molecule has 2 aromatic rings. The maximum atomic E-state index is 12.0. The maximum absolute atomic E-state index is 12.0. The van der Waals surface area contributed by atoms with E-state index in [1.54, 1.807) is 0 Å². The Morgan fingerprint density at radius 3 is 2.24 bits per heavy atom. The van der Waals surface area contributed by atoms with E-state index in [0.717, 1.165) is 10.6 Å². The Morgan fingerprint density at radius 1 is 1.05 bits per heavy atom. The molecule has 0 saturated heterocycles. The number of anilines is 1. The predicted molar refractivity (Wildman–Crippen MR) is 99.7 cm³/mol. The Hall–Kier alpha value is -1.41. The summed E-state index contributed by atoms with van der Waals surface area (Å²) in [5.41, 5.74) is 6.66. The Balaban J connectivity index is 0.00000220. The van der Waals surface area contributed by atoms with Gasteiger partial charge in [0, 0.05) is 16.3 Å². The molecule has 21 heavy (non-hydrogen) atoms. The highest BCUT2D eigenvalue weighted by atomic mass is 127. The van der Waals surface area contributed by atoms with Crippen LogP contribution in [0.5, 0.6) is 0 Å². The van der Waals surface area contributed by atoms with E-state index in [4.69, 9.17) is 5.73 Å². The largest absolute Gasteiger partial charge is 0.370 e. The van der Waals surface area contributed by atoms with E-state index in [2.05, 4.69) is 10.3 Å². The van der Waals surface area contributed by atoms with E-state index in [1.165, 1.54) is 0 Å². The van der Waals surface area contributed by atoms with Crippen molar-refractivity contribution in [3.63, 3.8) is 0 Å². The quantitative estimate of drug-likeness (QED) is 0.449. The molecule has 0 spiro atoms. The van der Waals surface area contributed by atoms with Crippen molar-refractivity contribution in [3.8, 4) is 0 Å². The van der Waals surface area contributed by atoms with Crippen LogP contribution in [-0.4, -0.2) is 22.5 Å². The number of nitrogens with two attached hydrogens (primary N) is 1. The summed E-state index contributed by atoms with van der Waals surface area (Å²) in [6.45, 7) is 0.424. The molecule has 2 aromatic carbocycles. The summed E-state index contributed by atoms with van der Waals surface area (Å²) < 4.78 is 12.0. The fraction of sp³-hybridized carbons (Fsp3) is 0.133. The summed E-state index contributed by atoms with van der Waals surface area (Å²) in [7, 11) is -1.04. The Kier molecular flexibility index (Phi) is 7.99. The Bertz CT molecular complexity index is 590. The minimum atomic E-state index is -1.04. The van der Waals surface area contributed by atoms with Crippen molar-refractivity contribution >= 4 is 46.4 Å². The summed E-state index contributed by atoms with van der Waals surface area (Å²) in [5.74, 6) is 0.794. The highest BCUT2D eigenvalue weighted by Gasteiger charge is 2.02. The third-order valence-electron chi connectivity index (χ3n) is 2.61. The molecule has 0 saturated carbocycles. The number of nitrogens with zero attached hydrogens (tertiary/aromatic N) is 1. The molecule has 2 rings (SSSR count). The second-order valence-electron chi connectivity index (χ2n) is 4.12. The maximum Gasteiger partial charge on any atom is 0.193 e. The lowest BCUT2D eigenvalue weighted by atomic mass is 10.3. The first-order valence-electron chi connectivity index (χ1n) is 6.31. The molecule has 1 atom stereocenters. The zero-order chi connectivity index (χ0) is 14.2. The average Bonchev–Trinajstić information content (AvgIpc) is 2.49. The van der Waals surface area contributed by atoms with Crippen molar-refractivity contribution in [1.82, 2.24) is 0 Å². The number of guanidine groups is 1. The summed E-state index contributed by atoms with van der Waals surface area (Å²) in [6.07, 6.45) is 0. The number of aliphatic imine (C=N–C) groups is 1. The van der Waals surface area contributed by atoms with Gasteiger partial charge in [-0.1, -0.05) is 36.4 Å². The number of hydrogen-bond acceptors (Lipinski definition) is 2. The summed E-state index contributed by atoms with van der Waals surface area (Å²) in [4.78, 5) is 4.99. The van der Waals surface area contributed by atoms with Crippen molar-refractivity contribution in [2.75, 3.05) is 17.6 Å². The van der Waals surface area contributed by atoms with Crippen molar-refractivity contribution in [2.24, 2.45) is 10.7 Å². The van der Waals surface area contributed by atoms with E-state index in [-0.39, 0.29) is 24.0 Å². The topological polar surface area (TPSA) is 67.5 Å². The fourth-order valence-corrected chi connectivity index (χ4v) is 2.60. The third kappa shape index (κ3) is 6.26. The van der Waals surface area contributed by atoms with Crippen LogP contribution in [0.15, 0.2) is 70.6 Å². The molecule has 3 N–H and O–H groups in total. The SMILES string of the molecule is I.NC(=NCCS(=O)c1ccccc1)Nc1ccccc1. The van der Waals surface area contributed by atoms with Crippen LogP contribution in [0.2, 0.25) is 0 Å². The van der Waals surface area contributed by atoms with Gasteiger partial charge in [0.1, 0.15) is 0 Å². The normalized spacial score (nSPS) is 12.3. The lowest BCUT2D eigenvalue weighted by Crippen LogP contribution is -2.23. The monoisotopic (exact) mass is 415 g/mol. The van der Waals surface area contributed by atoms with Gasteiger partial charge in [0.2, 0.25) is 0 Å². The molecular formula is C15H18IN3OS. The molecule has 0 heterocycles. The van der Waals surface area contributed by atoms with Gasteiger partial charge in [0.25, 0.3) is 0 Å². The first kappa shape index (κ1) is 17.6. The van der Waals surface area contributed by atoms with Crippen LogP contribution in [0.3, 0.4) is 0 Å². The molecule has 0 amide bonds. The summed E-state index contributed by atoms with van der Waals surface area (Å²) in [6, 6.07) is 18.9. The van der Waals surface area contributed by atoms with Gasteiger partial charge in [-0.25, -0.2) is 0 Å². The van der Waals surface area contributed by atoms with Gasteiger partial charge >= 0.3 is 0 Å². The van der Waals surface area contributed by atoms with Crippen molar-refractivity contribution in [3.05, 3.63) is 60.7 Å². The first-order chi connectivity index (χ1) is 9.75. The van der Waals surface area contributed by atoms with Crippen LogP contribution in [0, 0.1) is 0 Å². The fourth-order valence-electron chi connectivity index (χ4n) is 1.65.